The van der Waals surface area contributed by atoms with Crippen LogP contribution in [0.3, 0.4) is 0 Å². The molecule has 2 aromatic rings. The van der Waals surface area contributed by atoms with Crippen LogP contribution in [0, 0.1) is 5.82 Å². The van der Waals surface area contributed by atoms with Gasteiger partial charge in [-0.05, 0) is 43.2 Å². The number of carbonyl (C=O) groups is 2. The predicted octanol–water partition coefficient (Wildman–Crippen LogP) is 1.35. The van der Waals surface area contributed by atoms with E-state index in [1.807, 2.05) is 4.90 Å². The Morgan fingerprint density at radius 2 is 1.71 bits per heavy atom. The highest BCUT2D eigenvalue weighted by atomic mass is 19.1. The summed E-state index contributed by atoms with van der Waals surface area (Å²) < 4.78 is 13.1. The molecule has 9 heteroatoms. The lowest BCUT2D eigenvalue weighted by atomic mass is 10.0. The number of nitrogens with zero attached hydrogens (tertiary/aromatic N) is 4. The number of likely N-dealkylation sites (tertiary alicyclic amines) is 1. The highest BCUT2D eigenvalue weighted by Gasteiger charge is 2.33. The minimum atomic E-state index is -0.516. The summed E-state index contributed by atoms with van der Waals surface area (Å²) in [5.41, 5.74) is 1.69. The van der Waals surface area contributed by atoms with Gasteiger partial charge >= 0.3 is 0 Å². The first kappa shape index (κ1) is 21.5. The Balaban J connectivity index is 1.38. The zero-order valence-corrected chi connectivity index (χ0v) is 17.6. The molecule has 4 rings (SSSR count). The number of H-pyrrole nitrogens is 1. The number of benzene rings is 1. The summed E-state index contributed by atoms with van der Waals surface area (Å²) >= 11 is 0. The van der Waals surface area contributed by atoms with E-state index in [1.54, 1.807) is 30.0 Å². The van der Waals surface area contributed by atoms with E-state index in [1.165, 1.54) is 12.1 Å². The molecule has 31 heavy (non-hydrogen) atoms. The number of hydrogen-bond acceptors (Lipinski definition) is 5. The number of rotatable bonds is 3. The maximum absolute atomic E-state index is 13.1. The van der Waals surface area contributed by atoms with Crippen LogP contribution in [-0.4, -0.2) is 93.2 Å². The Labute approximate surface area is 180 Å². The van der Waals surface area contributed by atoms with Gasteiger partial charge in [0.15, 0.2) is 0 Å². The van der Waals surface area contributed by atoms with E-state index in [2.05, 4.69) is 15.1 Å². The molecule has 0 bridgehead atoms. The van der Waals surface area contributed by atoms with Gasteiger partial charge in [-0.2, -0.15) is 5.10 Å². The third kappa shape index (κ3) is 4.77. The SMILES string of the molecule is CC(=O)N1CCN([C@H]2CCN(C(=O)c3cc(-c4ccc(F)cc4)n[nH]3)CC[C@@H]2O)CC1. The van der Waals surface area contributed by atoms with Crippen molar-refractivity contribution in [2.45, 2.75) is 31.9 Å². The Kier molecular flexibility index (Phi) is 6.33. The fraction of sp³-hybridized carbons (Fsp3) is 0.500. The average Bonchev–Trinajstić information content (AvgIpc) is 3.18. The zero-order chi connectivity index (χ0) is 22.0. The third-order valence-corrected chi connectivity index (χ3v) is 6.30. The molecule has 166 valence electrons. The summed E-state index contributed by atoms with van der Waals surface area (Å²) in [6, 6.07) is 7.62. The van der Waals surface area contributed by atoms with Crippen molar-refractivity contribution in [1.82, 2.24) is 24.9 Å². The van der Waals surface area contributed by atoms with Crippen molar-refractivity contribution in [2.24, 2.45) is 0 Å². The number of amides is 2. The number of hydrogen-bond donors (Lipinski definition) is 2. The molecule has 1 aromatic heterocycles. The van der Waals surface area contributed by atoms with E-state index in [0.717, 1.165) is 18.7 Å². The molecule has 3 heterocycles. The largest absolute Gasteiger partial charge is 0.391 e. The topological polar surface area (TPSA) is 92.8 Å². The second-order valence-corrected chi connectivity index (χ2v) is 8.22. The Morgan fingerprint density at radius 3 is 2.39 bits per heavy atom. The molecule has 2 saturated heterocycles. The smallest absolute Gasteiger partial charge is 0.271 e. The van der Waals surface area contributed by atoms with Crippen LogP contribution in [0.1, 0.15) is 30.3 Å². The molecule has 2 fully saturated rings. The van der Waals surface area contributed by atoms with Crippen molar-refractivity contribution < 1.29 is 19.1 Å². The van der Waals surface area contributed by atoms with Crippen molar-refractivity contribution >= 4 is 11.8 Å². The molecule has 2 amide bonds. The molecule has 0 radical (unpaired) electrons. The lowest BCUT2D eigenvalue weighted by Crippen LogP contribution is -2.54. The lowest BCUT2D eigenvalue weighted by Gasteiger charge is -2.40. The minimum Gasteiger partial charge on any atom is -0.391 e. The molecule has 1 aromatic carbocycles. The van der Waals surface area contributed by atoms with Crippen molar-refractivity contribution in [1.29, 1.82) is 0 Å². The van der Waals surface area contributed by atoms with Gasteiger partial charge in [0.2, 0.25) is 5.91 Å². The molecule has 0 unspecified atom stereocenters. The molecule has 2 N–H and O–H groups in total. The van der Waals surface area contributed by atoms with Crippen LogP contribution in [-0.2, 0) is 4.79 Å². The van der Waals surface area contributed by atoms with Crippen molar-refractivity contribution in [3.05, 3.63) is 41.8 Å². The first-order valence-electron chi connectivity index (χ1n) is 10.7. The van der Waals surface area contributed by atoms with E-state index in [9.17, 15) is 19.1 Å². The van der Waals surface area contributed by atoms with Gasteiger partial charge in [0.05, 0.1) is 11.8 Å². The van der Waals surface area contributed by atoms with Gasteiger partial charge in [-0.3, -0.25) is 19.6 Å². The molecule has 2 aliphatic heterocycles. The van der Waals surface area contributed by atoms with Crippen LogP contribution in [0.25, 0.3) is 11.3 Å². The average molecular weight is 429 g/mol. The summed E-state index contributed by atoms with van der Waals surface area (Å²) in [7, 11) is 0. The van der Waals surface area contributed by atoms with Gasteiger partial charge in [0.1, 0.15) is 11.5 Å². The number of aromatic amines is 1. The standard InChI is InChI=1S/C22H28FN5O3/c1-15(29)26-10-12-27(13-11-26)20-6-8-28(9-7-21(20)30)22(31)19-14-18(24-25-19)16-2-4-17(23)5-3-16/h2-5,14,20-21,30H,6-13H2,1H3,(H,24,25)/t20-,21-/m0/s1. The van der Waals surface area contributed by atoms with Crippen LogP contribution in [0.4, 0.5) is 4.39 Å². The number of aromatic nitrogens is 2. The molecular formula is C22H28FN5O3. The molecule has 2 atom stereocenters. The van der Waals surface area contributed by atoms with Crippen LogP contribution in [0.2, 0.25) is 0 Å². The van der Waals surface area contributed by atoms with Gasteiger partial charge in [-0.25, -0.2) is 4.39 Å². The van der Waals surface area contributed by atoms with E-state index in [4.69, 9.17) is 0 Å². The summed E-state index contributed by atoms with van der Waals surface area (Å²) in [4.78, 5) is 30.4. The fourth-order valence-corrected chi connectivity index (χ4v) is 4.44. The Morgan fingerprint density at radius 1 is 1.03 bits per heavy atom. The molecule has 0 saturated carbocycles. The summed E-state index contributed by atoms with van der Waals surface area (Å²) in [6.07, 6.45) is 0.659. The van der Waals surface area contributed by atoms with Gasteiger partial charge in [0, 0.05) is 57.8 Å². The highest BCUT2D eigenvalue weighted by Crippen LogP contribution is 2.22. The first-order valence-corrected chi connectivity index (χ1v) is 10.7. The number of halogens is 1. The number of aliphatic hydroxyl groups is 1. The van der Waals surface area contributed by atoms with E-state index in [-0.39, 0.29) is 23.7 Å². The monoisotopic (exact) mass is 429 g/mol. The molecule has 0 spiro atoms. The van der Waals surface area contributed by atoms with Crippen molar-refractivity contribution in [2.75, 3.05) is 39.3 Å². The van der Waals surface area contributed by atoms with Gasteiger partial charge < -0.3 is 14.9 Å². The maximum atomic E-state index is 13.1. The van der Waals surface area contributed by atoms with Crippen molar-refractivity contribution in [3.63, 3.8) is 0 Å². The second kappa shape index (κ2) is 9.15. The van der Waals surface area contributed by atoms with Gasteiger partial charge in [0.25, 0.3) is 5.91 Å². The van der Waals surface area contributed by atoms with Crippen LogP contribution in [0.15, 0.2) is 30.3 Å². The fourth-order valence-electron chi connectivity index (χ4n) is 4.44. The molecular weight excluding hydrogens is 401 g/mol. The highest BCUT2D eigenvalue weighted by molar-refractivity contribution is 5.93. The van der Waals surface area contributed by atoms with Crippen LogP contribution < -0.4 is 0 Å². The molecule has 8 nitrogen and oxygen atoms in total. The summed E-state index contributed by atoms with van der Waals surface area (Å²) in [5, 5.41) is 17.7. The Bertz CT molecular complexity index is 923. The first-order chi connectivity index (χ1) is 14.9. The van der Waals surface area contributed by atoms with E-state index < -0.39 is 6.10 Å². The van der Waals surface area contributed by atoms with Crippen LogP contribution >= 0.6 is 0 Å². The van der Waals surface area contributed by atoms with E-state index >= 15 is 0 Å². The molecule has 0 aliphatic carbocycles. The second-order valence-electron chi connectivity index (χ2n) is 8.22. The number of piperazine rings is 1. The molecule has 2 aliphatic rings. The minimum absolute atomic E-state index is 0.0246. The normalized spacial score (nSPS) is 22.9. The summed E-state index contributed by atoms with van der Waals surface area (Å²) in [5.74, 6) is -0.400. The summed E-state index contributed by atoms with van der Waals surface area (Å²) in [6.45, 7) is 5.39. The number of nitrogens with one attached hydrogen (secondary N) is 1. The van der Waals surface area contributed by atoms with Gasteiger partial charge in [-0.1, -0.05) is 0 Å². The lowest BCUT2D eigenvalue weighted by molar-refractivity contribution is -0.131. The number of carbonyl (C=O) groups excluding carboxylic acids is 2. The quantitative estimate of drug-likeness (QED) is 0.768. The van der Waals surface area contributed by atoms with Crippen molar-refractivity contribution in [3.8, 4) is 11.3 Å². The predicted molar refractivity (Wildman–Crippen MR) is 113 cm³/mol. The maximum Gasteiger partial charge on any atom is 0.271 e. The zero-order valence-electron chi connectivity index (χ0n) is 17.6. The number of aliphatic hydroxyl groups excluding tert-OH is 1. The Hall–Kier alpha value is -2.78. The van der Waals surface area contributed by atoms with E-state index in [0.29, 0.717) is 50.4 Å². The third-order valence-electron chi connectivity index (χ3n) is 6.30. The van der Waals surface area contributed by atoms with Gasteiger partial charge in [-0.15, -0.1) is 0 Å². The van der Waals surface area contributed by atoms with Crippen LogP contribution in [0.5, 0.6) is 0 Å².